The number of anilines is 1. The number of hydrogen-bond acceptors (Lipinski definition) is 5. The smallest absolute Gasteiger partial charge is 0.185 e. The number of hydrogen-bond donors (Lipinski definition) is 1. The largest absolute Gasteiger partial charge is 0.385 e. The van der Waals surface area contributed by atoms with Crippen molar-refractivity contribution in [2.24, 2.45) is 5.92 Å². The molecule has 1 N–H and O–H groups in total. The molecule has 0 amide bonds. The lowest BCUT2D eigenvalue weighted by Gasteiger charge is -2.14. The summed E-state index contributed by atoms with van der Waals surface area (Å²) in [5.41, 5.74) is 1.15. The summed E-state index contributed by atoms with van der Waals surface area (Å²) in [6.45, 7) is 10.3. The quantitative estimate of drug-likeness (QED) is 0.708. The third-order valence-electron chi connectivity index (χ3n) is 2.89. The van der Waals surface area contributed by atoms with Crippen LogP contribution in [0.2, 0.25) is 0 Å². The van der Waals surface area contributed by atoms with Gasteiger partial charge in [0, 0.05) is 38.7 Å². The molecule has 0 fully saturated rings. The first-order chi connectivity index (χ1) is 9.04. The van der Waals surface area contributed by atoms with Crippen LogP contribution in [-0.2, 0) is 11.3 Å². The van der Waals surface area contributed by atoms with Crippen LogP contribution in [0.5, 0.6) is 0 Å². The molecule has 0 aliphatic heterocycles. The van der Waals surface area contributed by atoms with Gasteiger partial charge >= 0.3 is 0 Å². The molecule has 0 atom stereocenters. The van der Waals surface area contributed by atoms with Crippen LogP contribution in [0.25, 0.3) is 0 Å². The predicted octanol–water partition coefficient (Wildman–Crippen LogP) is 2.67. The van der Waals surface area contributed by atoms with E-state index in [1.807, 2.05) is 0 Å². The van der Waals surface area contributed by atoms with Gasteiger partial charge in [0.1, 0.15) is 0 Å². The van der Waals surface area contributed by atoms with Crippen LogP contribution >= 0.6 is 11.3 Å². The van der Waals surface area contributed by atoms with Crippen molar-refractivity contribution < 1.29 is 4.74 Å². The summed E-state index contributed by atoms with van der Waals surface area (Å²) in [6.07, 6.45) is 1.03. The number of nitrogens with one attached hydrogen (secondary N) is 1. The van der Waals surface area contributed by atoms with Crippen molar-refractivity contribution in [3.05, 3.63) is 10.6 Å². The standard InChI is InChI=1S/C14H27N3OS/c1-11(2)9-15-10-13-12(3)16-14(19-13)17(4)7-6-8-18-5/h11,15H,6-10H2,1-5H3. The van der Waals surface area contributed by atoms with Crippen LogP contribution in [0, 0.1) is 12.8 Å². The Balaban J connectivity index is 2.47. The van der Waals surface area contributed by atoms with Crippen molar-refractivity contribution >= 4 is 16.5 Å². The van der Waals surface area contributed by atoms with Gasteiger partial charge in [0.15, 0.2) is 5.13 Å². The van der Waals surface area contributed by atoms with Gasteiger partial charge in [-0.05, 0) is 25.8 Å². The molecule has 1 aromatic rings. The summed E-state index contributed by atoms with van der Waals surface area (Å²) in [5.74, 6) is 0.685. The second-order valence-electron chi connectivity index (χ2n) is 5.30. The summed E-state index contributed by atoms with van der Waals surface area (Å²) in [6, 6.07) is 0. The summed E-state index contributed by atoms with van der Waals surface area (Å²) in [5, 5.41) is 4.58. The Kier molecular flexibility index (Phi) is 7.34. The van der Waals surface area contributed by atoms with Gasteiger partial charge in [0.2, 0.25) is 0 Å². The lowest BCUT2D eigenvalue weighted by atomic mass is 10.2. The fourth-order valence-corrected chi connectivity index (χ4v) is 2.77. The lowest BCUT2D eigenvalue weighted by Crippen LogP contribution is -2.19. The van der Waals surface area contributed by atoms with Gasteiger partial charge in [-0.3, -0.25) is 0 Å². The Labute approximate surface area is 121 Å². The van der Waals surface area contributed by atoms with Crippen LogP contribution < -0.4 is 10.2 Å². The number of thiazole rings is 1. The normalized spacial score (nSPS) is 11.3. The average molecular weight is 285 g/mol. The molecule has 0 saturated carbocycles. The summed E-state index contributed by atoms with van der Waals surface area (Å²) in [7, 11) is 3.84. The van der Waals surface area contributed by atoms with Gasteiger partial charge < -0.3 is 15.0 Å². The van der Waals surface area contributed by atoms with Gasteiger partial charge in [-0.1, -0.05) is 13.8 Å². The minimum absolute atomic E-state index is 0.685. The van der Waals surface area contributed by atoms with Crippen molar-refractivity contribution in [3.8, 4) is 0 Å². The minimum atomic E-state index is 0.685. The molecular formula is C14H27N3OS. The molecule has 1 rings (SSSR count). The molecule has 0 aliphatic carbocycles. The highest BCUT2D eigenvalue weighted by Gasteiger charge is 2.10. The maximum Gasteiger partial charge on any atom is 0.185 e. The molecule has 110 valence electrons. The van der Waals surface area contributed by atoms with E-state index in [1.54, 1.807) is 18.4 Å². The first-order valence-corrected chi connectivity index (χ1v) is 7.73. The Morgan fingerprint density at radius 2 is 2.16 bits per heavy atom. The molecule has 1 heterocycles. The Bertz CT molecular complexity index is 366. The summed E-state index contributed by atoms with van der Waals surface area (Å²) in [4.78, 5) is 8.20. The van der Waals surface area contributed by atoms with E-state index < -0.39 is 0 Å². The van der Waals surface area contributed by atoms with Gasteiger partial charge in [-0.15, -0.1) is 11.3 Å². The van der Waals surface area contributed by atoms with E-state index in [2.05, 4.69) is 43.0 Å². The molecule has 0 radical (unpaired) electrons. The van der Waals surface area contributed by atoms with Gasteiger partial charge in [0.05, 0.1) is 5.69 Å². The topological polar surface area (TPSA) is 37.4 Å². The van der Waals surface area contributed by atoms with E-state index in [-0.39, 0.29) is 0 Å². The third-order valence-corrected chi connectivity index (χ3v) is 4.16. The second kappa shape index (κ2) is 8.51. The molecular weight excluding hydrogens is 258 g/mol. The average Bonchev–Trinajstić information content (AvgIpc) is 2.71. The zero-order chi connectivity index (χ0) is 14.3. The van der Waals surface area contributed by atoms with Crippen molar-refractivity contribution in [1.29, 1.82) is 0 Å². The highest BCUT2D eigenvalue weighted by molar-refractivity contribution is 7.15. The monoisotopic (exact) mass is 285 g/mol. The predicted molar refractivity (Wildman–Crippen MR) is 83.2 cm³/mol. The van der Waals surface area contributed by atoms with Crippen molar-refractivity contribution in [1.82, 2.24) is 10.3 Å². The van der Waals surface area contributed by atoms with E-state index in [4.69, 9.17) is 4.74 Å². The minimum Gasteiger partial charge on any atom is -0.385 e. The number of rotatable bonds is 9. The molecule has 0 spiro atoms. The number of aromatic nitrogens is 1. The van der Waals surface area contributed by atoms with Crippen molar-refractivity contribution in [3.63, 3.8) is 0 Å². The Morgan fingerprint density at radius 1 is 1.42 bits per heavy atom. The lowest BCUT2D eigenvalue weighted by molar-refractivity contribution is 0.196. The second-order valence-corrected chi connectivity index (χ2v) is 6.36. The number of nitrogens with zero attached hydrogens (tertiary/aromatic N) is 2. The molecule has 19 heavy (non-hydrogen) atoms. The van der Waals surface area contributed by atoms with Gasteiger partial charge in [0.25, 0.3) is 0 Å². The highest BCUT2D eigenvalue weighted by Crippen LogP contribution is 2.25. The van der Waals surface area contributed by atoms with Crippen molar-refractivity contribution in [2.45, 2.75) is 33.7 Å². The zero-order valence-electron chi connectivity index (χ0n) is 12.8. The molecule has 0 unspecified atom stereocenters. The molecule has 0 aliphatic rings. The molecule has 0 bridgehead atoms. The van der Waals surface area contributed by atoms with E-state index in [0.29, 0.717) is 5.92 Å². The molecule has 5 heteroatoms. The maximum atomic E-state index is 5.08. The fourth-order valence-electron chi connectivity index (χ4n) is 1.76. The SMILES string of the molecule is COCCCN(C)c1nc(C)c(CNCC(C)C)s1. The van der Waals surface area contributed by atoms with Crippen molar-refractivity contribution in [2.75, 3.05) is 38.8 Å². The fraction of sp³-hybridized carbons (Fsp3) is 0.786. The maximum absolute atomic E-state index is 5.08. The summed E-state index contributed by atoms with van der Waals surface area (Å²) >= 11 is 1.79. The molecule has 4 nitrogen and oxygen atoms in total. The van der Waals surface area contributed by atoms with Crippen LogP contribution in [0.1, 0.15) is 30.8 Å². The molecule has 0 aromatic carbocycles. The van der Waals surface area contributed by atoms with Crippen LogP contribution in [-0.4, -0.2) is 38.8 Å². The first kappa shape index (κ1) is 16.4. The van der Waals surface area contributed by atoms with E-state index in [1.165, 1.54) is 4.88 Å². The first-order valence-electron chi connectivity index (χ1n) is 6.91. The molecule has 1 aromatic heterocycles. The van der Waals surface area contributed by atoms with E-state index in [0.717, 1.165) is 43.5 Å². The number of methoxy groups -OCH3 is 1. The highest BCUT2D eigenvalue weighted by atomic mass is 32.1. The van der Waals surface area contributed by atoms with Crippen LogP contribution in [0.15, 0.2) is 0 Å². The number of ether oxygens (including phenoxy) is 1. The Hall–Kier alpha value is -0.650. The number of aryl methyl sites for hydroxylation is 1. The van der Waals surface area contributed by atoms with E-state index in [9.17, 15) is 0 Å². The summed E-state index contributed by atoms with van der Waals surface area (Å²) < 4.78 is 5.08. The Morgan fingerprint density at radius 3 is 2.79 bits per heavy atom. The van der Waals surface area contributed by atoms with Gasteiger partial charge in [-0.2, -0.15) is 0 Å². The zero-order valence-corrected chi connectivity index (χ0v) is 13.6. The van der Waals surface area contributed by atoms with Gasteiger partial charge in [-0.25, -0.2) is 4.98 Å². The van der Waals surface area contributed by atoms with Crippen LogP contribution in [0.4, 0.5) is 5.13 Å². The third kappa shape index (κ3) is 5.89. The molecule has 0 saturated heterocycles. The van der Waals surface area contributed by atoms with Crippen LogP contribution in [0.3, 0.4) is 0 Å². The van der Waals surface area contributed by atoms with E-state index >= 15 is 0 Å².